The molecule has 0 spiro atoms. The normalized spacial score (nSPS) is 15.0. The number of benzene rings is 1. The van der Waals surface area contributed by atoms with E-state index in [9.17, 15) is 9.90 Å². The van der Waals surface area contributed by atoms with E-state index in [1.807, 2.05) is 16.3 Å². The van der Waals surface area contributed by atoms with Gasteiger partial charge in [0.15, 0.2) is 0 Å². The predicted molar refractivity (Wildman–Crippen MR) is 93.6 cm³/mol. The number of carbonyl (C=O) groups is 1. The number of hydrogen-bond acceptors (Lipinski definition) is 6. The molecule has 24 heavy (non-hydrogen) atoms. The third kappa shape index (κ3) is 2.67. The number of hydrogen-bond donors (Lipinski definition) is 1. The summed E-state index contributed by atoms with van der Waals surface area (Å²) in [7, 11) is 0. The highest BCUT2D eigenvalue weighted by atomic mass is 32.1. The van der Waals surface area contributed by atoms with Crippen molar-refractivity contribution in [1.29, 1.82) is 0 Å². The fourth-order valence-electron chi connectivity index (χ4n) is 2.97. The van der Waals surface area contributed by atoms with Crippen LogP contribution in [0.2, 0.25) is 0 Å². The Morgan fingerprint density at radius 1 is 1.12 bits per heavy atom. The topological polar surface area (TPSA) is 69.6 Å². The smallest absolute Gasteiger partial charge is 0.254 e. The maximum absolute atomic E-state index is 12.5. The summed E-state index contributed by atoms with van der Waals surface area (Å²) in [6.07, 6.45) is 1.60. The third-order valence-corrected chi connectivity index (χ3v) is 5.02. The summed E-state index contributed by atoms with van der Waals surface area (Å²) in [6, 6.07) is 8.53. The Hall–Kier alpha value is -2.67. The second-order valence-corrected chi connectivity index (χ2v) is 6.56. The number of rotatable bonds is 2. The molecule has 122 valence electrons. The fraction of sp³-hybridized carbons (Fsp3) is 0.235. The van der Waals surface area contributed by atoms with Crippen LogP contribution in [0.5, 0.6) is 5.75 Å². The lowest BCUT2D eigenvalue weighted by Gasteiger charge is -2.35. The number of nitrogens with zero attached hydrogens (tertiary/aromatic N) is 4. The monoisotopic (exact) mass is 340 g/mol. The van der Waals surface area contributed by atoms with Crippen LogP contribution >= 0.6 is 11.3 Å². The van der Waals surface area contributed by atoms with E-state index in [2.05, 4.69) is 14.9 Å². The number of amides is 1. The second-order valence-electron chi connectivity index (χ2n) is 5.67. The van der Waals surface area contributed by atoms with Gasteiger partial charge >= 0.3 is 0 Å². The van der Waals surface area contributed by atoms with E-state index in [4.69, 9.17) is 0 Å². The first-order valence-electron chi connectivity index (χ1n) is 7.74. The molecule has 1 saturated heterocycles. The number of fused-ring (bicyclic) bond motifs is 1. The molecule has 1 aliphatic heterocycles. The predicted octanol–water partition coefficient (Wildman–Crippen LogP) is 2.36. The van der Waals surface area contributed by atoms with Crippen LogP contribution in [0, 0.1) is 0 Å². The van der Waals surface area contributed by atoms with Crippen LogP contribution in [0.4, 0.5) is 5.82 Å². The molecule has 0 aliphatic carbocycles. The van der Waals surface area contributed by atoms with Gasteiger partial charge in [0.1, 0.15) is 22.7 Å². The number of phenols is 1. The van der Waals surface area contributed by atoms with Gasteiger partial charge in [-0.2, -0.15) is 0 Å². The molecule has 0 saturated carbocycles. The van der Waals surface area contributed by atoms with Crippen molar-refractivity contribution in [1.82, 2.24) is 14.9 Å². The van der Waals surface area contributed by atoms with Crippen molar-refractivity contribution in [3.63, 3.8) is 0 Å². The van der Waals surface area contributed by atoms with Gasteiger partial charge in [-0.1, -0.05) is 6.07 Å². The van der Waals surface area contributed by atoms with Crippen LogP contribution in [-0.2, 0) is 0 Å². The minimum absolute atomic E-state index is 0.0473. The standard InChI is InChI=1S/C17H16N4O2S/c22-13-3-1-2-12(10-13)17(23)21-7-5-20(6-8-21)15-14-4-9-24-16(14)19-11-18-15/h1-4,9-11,22H,5-8H2. The van der Waals surface area contributed by atoms with E-state index in [1.54, 1.807) is 35.9 Å². The van der Waals surface area contributed by atoms with Crippen molar-refractivity contribution in [2.24, 2.45) is 0 Å². The Bertz CT molecular complexity index is 887. The van der Waals surface area contributed by atoms with Crippen LogP contribution in [0.3, 0.4) is 0 Å². The number of phenolic OH excluding ortho intramolecular Hbond substituents is 1. The zero-order valence-corrected chi connectivity index (χ0v) is 13.7. The molecule has 7 heteroatoms. The van der Waals surface area contributed by atoms with Crippen LogP contribution < -0.4 is 4.90 Å². The largest absolute Gasteiger partial charge is 0.508 e. The van der Waals surface area contributed by atoms with Crippen LogP contribution in [0.25, 0.3) is 10.2 Å². The number of carbonyl (C=O) groups excluding carboxylic acids is 1. The molecular weight excluding hydrogens is 324 g/mol. The van der Waals surface area contributed by atoms with Gasteiger partial charge in [0.2, 0.25) is 0 Å². The molecule has 1 aromatic carbocycles. The Morgan fingerprint density at radius 3 is 2.75 bits per heavy atom. The number of anilines is 1. The van der Waals surface area contributed by atoms with Gasteiger partial charge < -0.3 is 14.9 Å². The number of thiophene rings is 1. The lowest BCUT2D eigenvalue weighted by Crippen LogP contribution is -2.49. The Morgan fingerprint density at radius 2 is 1.96 bits per heavy atom. The lowest BCUT2D eigenvalue weighted by molar-refractivity contribution is 0.0746. The average molecular weight is 340 g/mol. The molecule has 1 fully saturated rings. The lowest BCUT2D eigenvalue weighted by atomic mass is 10.1. The summed E-state index contributed by atoms with van der Waals surface area (Å²) >= 11 is 1.60. The highest BCUT2D eigenvalue weighted by Gasteiger charge is 2.24. The van der Waals surface area contributed by atoms with Gasteiger partial charge in [-0.3, -0.25) is 4.79 Å². The van der Waals surface area contributed by atoms with E-state index in [0.717, 1.165) is 29.1 Å². The van der Waals surface area contributed by atoms with Gasteiger partial charge in [0.05, 0.1) is 5.39 Å². The molecule has 6 nitrogen and oxygen atoms in total. The van der Waals surface area contributed by atoms with E-state index < -0.39 is 0 Å². The van der Waals surface area contributed by atoms with Crippen molar-refractivity contribution < 1.29 is 9.90 Å². The molecule has 1 N–H and O–H groups in total. The van der Waals surface area contributed by atoms with Gasteiger partial charge in [0.25, 0.3) is 5.91 Å². The molecule has 2 aromatic heterocycles. The minimum Gasteiger partial charge on any atom is -0.508 e. The fourth-order valence-corrected chi connectivity index (χ4v) is 3.70. The molecule has 1 amide bonds. The highest BCUT2D eigenvalue weighted by Crippen LogP contribution is 2.27. The summed E-state index contributed by atoms with van der Waals surface area (Å²) in [5.41, 5.74) is 0.519. The van der Waals surface area contributed by atoms with E-state index >= 15 is 0 Å². The van der Waals surface area contributed by atoms with E-state index in [1.165, 1.54) is 6.07 Å². The molecule has 0 radical (unpaired) electrons. The van der Waals surface area contributed by atoms with Gasteiger partial charge in [0, 0.05) is 31.7 Å². The summed E-state index contributed by atoms with van der Waals surface area (Å²) in [5, 5.41) is 12.6. The van der Waals surface area contributed by atoms with Crippen molar-refractivity contribution in [3.8, 4) is 5.75 Å². The van der Waals surface area contributed by atoms with Gasteiger partial charge in [-0.05, 0) is 29.6 Å². The Labute approximate surface area is 143 Å². The average Bonchev–Trinajstić information content (AvgIpc) is 3.10. The van der Waals surface area contributed by atoms with Crippen LogP contribution in [-0.4, -0.2) is 52.1 Å². The summed E-state index contributed by atoms with van der Waals surface area (Å²) in [4.78, 5) is 26.2. The first kappa shape index (κ1) is 14.9. The van der Waals surface area contributed by atoms with Crippen LogP contribution in [0.15, 0.2) is 42.0 Å². The van der Waals surface area contributed by atoms with Crippen molar-refractivity contribution >= 4 is 33.3 Å². The van der Waals surface area contributed by atoms with Gasteiger partial charge in [-0.25, -0.2) is 9.97 Å². The molecule has 1 aliphatic rings. The van der Waals surface area contributed by atoms with Crippen LogP contribution in [0.1, 0.15) is 10.4 Å². The minimum atomic E-state index is -0.0473. The van der Waals surface area contributed by atoms with Gasteiger partial charge in [-0.15, -0.1) is 11.3 Å². The maximum Gasteiger partial charge on any atom is 0.254 e. The first-order valence-corrected chi connectivity index (χ1v) is 8.62. The van der Waals surface area contributed by atoms with Crippen molar-refractivity contribution in [2.45, 2.75) is 0 Å². The molecule has 4 rings (SSSR count). The Balaban J connectivity index is 1.49. The Kier molecular flexibility index (Phi) is 3.78. The number of aromatic nitrogens is 2. The third-order valence-electron chi connectivity index (χ3n) is 4.20. The molecular formula is C17H16N4O2S. The molecule has 3 aromatic rings. The SMILES string of the molecule is O=C(c1cccc(O)c1)N1CCN(c2ncnc3sccc23)CC1. The zero-order valence-electron chi connectivity index (χ0n) is 12.9. The number of piperazine rings is 1. The molecule has 0 atom stereocenters. The zero-order chi connectivity index (χ0) is 16.5. The molecule has 3 heterocycles. The highest BCUT2D eigenvalue weighted by molar-refractivity contribution is 7.16. The van der Waals surface area contributed by atoms with E-state index in [-0.39, 0.29) is 11.7 Å². The first-order chi connectivity index (χ1) is 11.7. The van der Waals surface area contributed by atoms with Crippen molar-refractivity contribution in [3.05, 3.63) is 47.6 Å². The number of aromatic hydroxyl groups is 1. The summed E-state index contributed by atoms with van der Waals surface area (Å²) < 4.78 is 0. The van der Waals surface area contributed by atoms with Crippen molar-refractivity contribution in [2.75, 3.05) is 31.1 Å². The quantitative estimate of drug-likeness (QED) is 0.775. The maximum atomic E-state index is 12.5. The summed E-state index contributed by atoms with van der Waals surface area (Å²) in [6.45, 7) is 2.72. The van der Waals surface area contributed by atoms with E-state index in [0.29, 0.717) is 18.7 Å². The summed E-state index contributed by atoms with van der Waals surface area (Å²) in [5.74, 6) is 1.000. The second kappa shape index (κ2) is 6.09. The molecule has 0 bridgehead atoms. The molecule has 0 unspecified atom stereocenters.